The highest BCUT2D eigenvalue weighted by molar-refractivity contribution is 5.88. The molecule has 59 heavy (non-hydrogen) atoms. The second kappa shape index (κ2) is 18.7. The van der Waals surface area contributed by atoms with Crippen LogP contribution in [-0.4, -0.2) is 99.3 Å². The van der Waals surface area contributed by atoms with Crippen LogP contribution < -0.4 is 10.6 Å². The van der Waals surface area contributed by atoms with Crippen LogP contribution in [-0.2, 0) is 25.5 Å². The van der Waals surface area contributed by atoms with Crippen LogP contribution >= 0.6 is 0 Å². The Hall–Kier alpha value is -5.99. The van der Waals surface area contributed by atoms with Crippen LogP contribution in [0.4, 0.5) is 15.3 Å². The van der Waals surface area contributed by atoms with E-state index in [0.29, 0.717) is 13.1 Å². The number of hydrogen-bond acceptors (Lipinski definition) is 9. The third kappa shape index (κ3) is 9.50. The first-order valence-corrected chi connectivity index (χ1v) is 20.4. The molecule has 0 unspecified atom stereocenters. The van der Waals surface area contributed by atoms with Crippen molar-refractivity contribution < 1.29 is 28.7 Å². The Balaban J connectivity index is 0.000000199. The number of amides is 4. The number of methoxy groups -OCH3 is 2. The number of rotatable bonds is 10. The number of nitrogens with zero attached hydrogens (tertiary/aromatic N) is 5. The lowest BCUT2D eigenvalue weighted by Crippen LogP contribution is -2.51. The summed E-state index contributed by atoms with van der Waals surface area (Å²) >= 11 is 0. The van der Waals surface area contributed by atoms with E-state index in [9.17, 15) is 19.2 Å². The predicted molar refractivity (Wildman–Crippen MR) is 225 cm³/mol. The Kier molecular flexibility index (Phi) is 13.5. The van der Waals surface area contributed by atoms with E-state index in [0.717, 1.165) is 72.0 Å². The van der Waals surface area contributed by atoms with Gasteiger partial charge in [0.2, 0.25) is 11.8 Å². The summed E-state index contributed by atoms with van der Waals surface area (Å²) in [5.41, 5.74) is 8.61. The van der Waals surface area contributed by atoms with Crippen LogP contribution in [0.1, 0.15) is 93.8 Å². The number of alkyl carbamates (subject to hydrolysis) is 2. The van der Waals surface area contributed by atoms with Crippen LogP contribution in [0.5, 0.6) is 0 Å². The summed E-state index contributed by atoms with van der Waals surface area (Å²) in [6.07, 6.45) is 8.69. The molecule has 2 aromatic heterocycles. The van der Waals surface area contributed by atoms with Crippen LogP contribution in [0, 0.1) is 25.7 Å². The van der Waals surface area contributed by atoms with E-state index >= 15 is 0 Å². The smallest absolute Gasteiger partial charge is 0.407 e. The molecule has 15 nitrogen and oxygen atoms in total. The maximum atomic E-state index is 13.3. The van der Waals surface area contributed by atoms with Gasteiger partial charge in [-0.25, -0.2) is 19.6 Å². The minimum Gasteiger partial charge on any atom is -0.453 e. The Labute approximate surface area is 345 Å². The molecule has 4 aromatic rings. The third-order valence-electron chi connectivity index (χ3n) is 11.4. The van der Waals surface area contributed by atoms with Gasteiger partial charge in [0.05, 0.1) is 55.8 Å². The Morgan fingerprint density at radius 3 is 1.75 bits per heavy atom. The molecule has 4 N–H and O–H groups in total. The van der Waals surface area contributed by atoms with Gasteiger partial charge in [0.15, 0.2) is 0 Å². The van der Waals surface area contributed by atoms with E-state index < -0.39 is 24.3 Å². The summed E-state index contributed by atoms with van der Waals surface area (Å²) in [7, 11) is 2.59. The van der Waals surface area contributed by atoms with Crippen molar-refractivity contribution in [1.29, 1.82) is 0 Å². The van der Waals surface area contributed by atoms with Gasteiger partial charge in [0.1, 0.15) is 23.7 Å². The first kappa shape index (κ1) is 42.6. The molecule has 3 aliphatic rings. The summed E-state index contributed by atoms with van der Waals surface area (Å²) in [4.78, 5) is 74.0. The van der Waals surface area contributed by atoms with Crippen molar-refractivity contribution >= 4 is 35.9 Å². The number of carbonyl (C=O) groups excluding carboxylic acids is 4. The Morgan fingerprint density at radius 1 is 0.729 bits per heavy atom. The number of imidazole rings is 2. The van der Waals surface area contributed by atoms with Gasteiger partial charge in [-0.2, -0.15) is 0 Å². The van der Waals surface area contributed by atoms with Crippen LogP contribution in [0.25, 0.3) is 22.5 Å². The molecule has 5 heterocycles. The van der Waals surface area contributed by atoms with Crippen LogP contribution in [0.3, 0.4) is 0 Å². The van der Waals surface area contributed by atoms with Gasteiger partial charge in [-0.05, 0) is 68.1 Å². The molecule has 0 radical (unpaired) electrons. The number of likely N-dealkylation sites (tertiary alicyclic amines) is 2. The lowest BCUT2D eigenvalue weighted by atomic mass is 10.00. The zero-order valence-electron chi connectivity index (χ0n) is 35.3. The van der Waals surface area contributed by atoms with Gasteiger partial charge in [0.25, 0.3) is 0 Å². The van der Waals surface area contributed by atoms with E-state index in [4.69, 9.17) is 4.74 Å². The Bertz CT molecular complexity index is 2160. The van der Waals surface area contributed by atoms with E-state index in [1.54, 1.807) is 0 Å². The summed E-state index contributed by atoms with van der Waals surface area (Å²) < 4.78 is 9.38. The fourth-order valence-corrected chi connectivity index (χ4v) is 8.00. The van der Waals surface area contributed by atoms with Crippen molar-refractivity contribution in [2.45, 2.75) is 97.8 Å². The number of aryl methyl sites for hydroxylation is 2. The fourth-order valence-electron chi connectivity index (χ4n) is 8.00. The molecule has 4 atom stereocenters. The van der Waals surface area contributed by atoms with Gasteiger partial charge < -0.3 is 39.9 Å². The number of nitrogens with one attached hydrogen (secondary N) is 4. The average Bonchev–Trinajstić information content (AvgIpc) is 4.08. The number of aromatic amines is 2. The van der Waals surface area contributed by atoms with Crippen molar-refractivity contribution in [3.63, 3.8) is 0 Å². The molecule has 0 saturated carbocycles. The first-order valence-electron chi connectivity index (χ1n) is 20.4. The molecule has 0 bridgehead atoms. The van der Waals surface area contributed by atoms with Gasteiger partial charge in [-0.15, -0.1) is 0 Å². The number of carbonyl (C=O) groups is 4. The van der Waals surface area contributed by atoms with E-state index in [-0.39, 0.29) is 35.7 Å². The van der Waals surface area contributed by atoms with Crippen molar-refractivity contribution in [3.8, 4) is 22.5 Å². The largest absolute Gasteiger partial charge is 0.453 e. The standard InChI is InChI=1S/C23H29N5O3.C21H28N4O3/c1-13(2)19(27-23(30)31-4)22(29)28-11-5-6-18(28)21-25-12-17(26-21)16-8-7-14(3)15-9-10-24-20(15)16;1-13(2)18(24-21(27)28-4)20(26)25-11-5-6-17(25)19-22-12-16(23-19)15-9-7-14(3)8-10-15/h7-8,10,12-13,18-19H,5-6,9,11H2,1-4H3,(H,25,26)(H,27,30);7-10,12-13,17-18H,5-6,11H2,1-4H3,(H,22,23)(H,24,27)/t18-,19-;17-,18-/m00/s1. The predicted octanol–water partition coefficient (Wildman–Crippen LogP) is 7.12. The fraction of sp³-hybridized carbons (Fsp3) is 0.477. The minimum absolute atomic E-state index is 0.0485. The molecule has 314 valence electrons. The number of H-pyrrole nitrogens is 2. The average molecular weight is 808 g/mol. The number of ether oxygens (including phenoxy) is 2. The van der Waals surface area contributed by atoms with Crippen LogP contribution in [0.15, 0.2) is 53.8 Å². The molecule has 2 aromatic carbocycles. The second-order valence-electron chi connectivity index (χ2n) is 16.1. The molecule has 2 fully saturated rings. The number of aromatic nitrogens is 4. The normalized spacial score (nSPS) is 18.0. The highest BCUT2D eigenvalue weighted by Crippen LogP contribution is 2.39. The maximum absolute atomic E-state index is 13.3. The van der Waals surface area contributed by atoms with Crippen molar-refractivity contribution in [2.75, 3.05) is 27.3 Å². The molecule has 0 aliphatic carbocycles. The molecule has 7 rings (SSSR count). The minimum atomic E-state index is -0.641. The van der Waals surface area contributed by atoms with Crippen LogP contribution in [0.2, 0.25) is 0 Å². The summed E-state index contributed by atoms with van der Waals surface area (Å²) in [5.74, 6) is 1.22. The number of aliphatic imine (C=N–C) groups is 1. The number of fused-ring (bicyclic) bond motifs is 1. The zero-order valence-corrected chi connectivity index (χ0v) is 35.3. The highest BCUT2D eigenvalue weighted by Gasteiger charge is 2.39. The second-order valence-corrected chi connectivity index (χ2v) is 16.1. The van der Waals surface area contributed by atoms with E-state index in [1.807, 2.05) is 56.1 Å². The van der Waals surface area contributed by atoms with Gasteiger partial charge in [-0.1, -0.05) is 69.7 Å². The van der Waals surface area contributed by atoms with Crippen molar-refractivity contribution in [2.24, 2.45) is 16.8 Å². The molecular weight excluding hydrogens is 751 g/mol. The first-order chi connectivity index (χ1) is 28.3. The van der Waals surface area contributed by atoms with E-state index in [2.05, 4.69) is 90.5 Å². The third-order valence-corrected chi connectivity index (χ3v) is 11.4. The quantitative estimate of drug-likeness (QED) is 0.130. The number of benzene rings is 2. The highest BCUT2D eigenvalue weighted by atomic mass is 16.5. The van der Waals surface area contributed by atoms with Gasteiger partial charge >= 0.3 is 12.2 Å². The summed E-state index contributed by atoms with van der Waals surface area (Å²) in [6.45, 7) is 13.1. The molecule has 4 amide bonds. The molecule has 15 heteroatoms. The maximum Gasteiger partial charge on any atom is 0.407 e. The van der Waals surface area contributed by atoms with Gasteiger partial charge in [-0.3, -0.25) is 14.6 Å². The lowest BCUT2D eigenvalue weighted by Gasteiger charge is -2.30. The molecule has 0 spiro atoms. The van der Waals surface area contributed by atoms with E-state index in [1.165, 1.54) is 30.9 Å². The SMILES string of the molecule is COC(=O)N[C@H](C(=O)N1CCC[C@H]1c1ncc(-c2ccc(C)c3c2N=CC3)[nH]1)C(C)C.COC(=O)N[C@H](C(=O)N1CCC[C@H]1c1ncc(-c2ccc(C)cc2)[nH]1)C(C)C. The summed E-state index contributed by atoms with van der Waals surface area (Å²) in [5, 5.41) is 5.35. The summed E-state index contributed by atoms with van der Waals surface area (Å²) in [6, 6.07) is 10.9. The lowest BCUT2D eigenvalue weighted by molar-refractivity contribution is -0.136. The van der Waals surface area contributed by atoms with Crippen molar-refractivity contribution in [1.82, 2.24) is 40.4 Å². The topological polar surface area (TPSA) is 187 Å². The monoisotopic (exact) mass is 807 g/mol. The number of hydrogen-bond donors (Lipinski definition) is 4. The van der Waals surface area contributed by atoms with Gasteiger partial charge in [0, 0.05) is 31.3 Å². The molecular formula is C44H57N9O6. The molecule has 3 aliphatic heterocycles. The molecule has 2 saturated heterocycles. The van der Waals surface area contributed by atoms with Crippen molar-refractivity contribution in [3.05, 3.63) is 77.1 Å². The Morgan fingerprint density at radius 2 is 1.24 bits per heavy atom. The zero-order chi connectivity index (χ0) is 42.4.